The Bertz CT molecular complexity index is 213. The van der Waals surface area contributed by atoms with E-state index in [1.54, 1.807) is 0 Å². The third-order valence-corrected chi connectivity index (χ3v) is 0.940. The molecular weight excluding hydrogens is 164 g/mol. The Balaban J connectivity index is 0. The third kappa shape index (κ3) is 17.9. The lowest BCUT2D eigenvalue weighted by molar-refractivity contribution is -0.134. The van der Waals surface area contributed by atoms with Crippen molar-refractivity contribution in [1.29, 1.82) is 0 Å². The fourth-order valence-electron chi connectivity index (χ4n) is 0.534. The smallest absolute Gasteiger partial charge is 0.300 e. The predicted octanol–water partition coefficient (Wildman–Crippen LogP) is 2.89. The molecule has 0 heterocycles. The fourth-order valence-corrected chi connectivity index (χ4v) is 0.534. The molecule has 0 atom stereocenters. The number of carboxylic acid groups (broad SMARTS) is 1. The summed E-state index contributed by atoms with van der Waals surface area (Å²) in [6.45, 7) is 9.17. The molecule has 0 unspecified atom stereocenters. The molecule has 13 heavy (non-hydrogen) atoms. The summed E-state index contributed by atoms with van der Waals surface area (Å²) >= 11 is 0. The van der Waals surface area contributed by atoms with Gasteiger partial charge in [0.05, 0.1) is 0 Å². The maximum absolute atomic E-state index is 9.00. The summed E-state index contributed by atoms with van der Waals surface area (Å²) in [5, 5.41) is 7.42. The lowest BCUT2D eigenvalue weighted by atomic mass is 10.2. The topological polar surface area (TPSA) is 37.3 Å². The summed E-state index contributed by atoms with van der Waals surface area (Å²) in [7, 11) is 0. The quantitative estimate of drug-likeness (QED) is 0.623. The van der Waals surface area contributed by atoms with Crippen molar-refractivity contribution < 1.29 is 9.90 Å². The van der Waals surface area contributed by atoms with Gasteiger partial charge in [0.15, 0.2) is 0 Å². The van der Waals surface area contributed by atoms with Gasteiger partial charge in [0.2, 0.25) is 0 Å². The maximum atomic E-state index is 9.00. The summed E-state index contributed by atoms with van der Waals surface area (Å²) in [5.74, 6) is -0.833. The zero-order chi connectivity index (χ0) is 10.7. The molecule has 1 aromatic rings. The monoisotopic (exact) mass is 180 g/mol. The van der Waals surface area contributed by atoms with Crippen molar-refractivity contribution in [1.82, 2.24) is 0 Å². The van der Waals surface area contributed by atoms with Crippen LogP contribution in [0.25, 0.3) is 0 Å². The Morgan fingerprint density at radius 2 is 1.54 bits per heavy atom. The number of benzene rings is 1. The van der Waals surface area contributed by atoms with Gasteiger partial charge >= 0.3 is 0 Å². The van der Waals surface area contributed by atoms with E-state index in [-0.39, 0.29) is 0 Å². The van der Waals surface area contributed by atoms with Crippen molar-refractivity contribution in [3.05, 3.63) is 49.1 Å². The second kappa shape index (κ2) is 10.4. The molecule has 1 rings (SSSR count). The SMILES string of the molecule is C=C.CC(=O)O.Cc1ccccc1. The lowest BCUT2D eigenvalue weighted by Crippen LogP contribution is -1.78. The van der Waals surface area contributed by atoms with Crippen molar-refractivity contribution >= 4 is 5.97 Å². The minimum atomic E-state index is -0.833. The van der Waals surface area contributed by atoms with Gasteiger partial charge in [0, 0.05) is 6.92 Å². The van der Waals surface area contributed by atoms with Gasteiger partial charge in [-0.05, 0) is 6.92 Å². The molecule has 0 fully saturated rings. The van der Waals surface area contributed by atoms with Crippen LogP contribution in [0.2, 0.25) is 0 Å². The van der Waals surface area contributed by atoms with E-state index in [1.165, 1.54) is 5.56 Å². The minimum Gasteiger partial charge on any atom is -0.481 e. The van der Waals surface area contributed by atoms with E-state index in [0.717, 1.165) is 6.92 Å². The second-order valence-electron chi connectivity index (χ2n) is 2.17. The molecule has 72 valence electrons. The van der Waals surface area contributed by atoms with Gasteiger partial charge in [0.25, 0.3) is 5.97 Å². The van der Waals surface area contributed by atoms with E-state index < -0.39 is 5.97 Å². The second-order valence-corrected chi connectivity index (χ2v) is 2.17. The van der Waals surface area contributed by atoms with Gasteiger partial charge in [-0.25, -0.2) is 0 Å². The highest BCUT2D eigenvalue weighted by molar-refractivity contribution is 5.62. The highest BCUT2D eigenvalue weighted by atomic mass is 16.4. The number of carbonyl (C=O) groups is 1. The highest BCUT2D eigenvalue weighted by Crippen LogP contribution is 1.92. The first-order valence-electron chi connectivity index (χ1n) is 3.84. The van der Waals surface area contributed by atoms with Gasteiger partial charge in [-0.3, -0.25) is 4.79 Å². The number of hydrogen-bond donors (Lipinski definition) is 1. The van der Waals surface area contributed by atoms with E-state index in [1.807, 2.05) is 18.2 Å². The molecular formula is C11H16O2. The molecule has 0 aromatic heterocycles. The van der Waals surface area contributed by atoms with Crippen LogP contribution in [-0.4, -0.2) is 11.1 Å². The summed E-state index contributed by atoms with van der Waals surface area (Å²) in [5.41, 5.74) is 1.32. The largest absolute Gasteiger partial charge is 0.481 e. The molecule has 2 nitrogen and oxygen atoms in total. The molecule has 0 spiro atoms. The van der Waals surface area contributed by atoms with Crippen molar-refractivity contribution in [2.24, 2.45) is 0 Å². The average molecular weight is 180 g/mol. The van der Waals surface area contributed by atoms with E-state index in [4.69, 9.17) is 9.90 Å². The number of hydrogen-bond acceptors (Lipinski definition) is 1. The van der Waals surface area contributed by atoms with E-state index in [2.05, 4.69) is 32.2 Å². The van der Waals surface area contributed by atoms with Gasteiger partial charge in [0.1, 0.15) is 0 Å². The molecule has 0 amide bonds. The lowest BCUT2D eigenvalue weighted by Gasteiger charge is -1.82. The van der Waals surface area contributed by atoms with Gasteiger partial charge < -0.3 is 5.11 Å². The molecule has 0 aliphatic heterocycles. The summed E-state index contributed by atoms with van der Waals surface area (Å²) < 4.78 is 0. The maximum Gasteiger partial charge on any atom is 0.300 e. The van der Waals surface area contributed by atoms with Crippen LogP contribution in [0.1, 0.15) is 12.5 Å². The molecule has 0 radical (unpaired) electrons. The molecule has 1 aromatic carbocycles. The van der Waals surface area contributed by atoms with Crippen LogP contribution in [0.15, 0.2) is 43.5 Å². The van der Waals surface area contributed by atoms with Crippen molar-refractivity contribution in [3.8, 4) is 0 Å². The molecule has 2 heteroatoms. The normalized spacial score (nSPS) is 6.92. The Labute approximate surface area is 79.5 Å². The zero-order valence-electron chi connectivity index (χ0n) is 8.16. The van der Waals surface area contributed by atoms with Crippen molar-refractivity contribution in [3.63, 3.8) is 0 Å². The van der Waals surface area contributed by atoms with Crippen LogP contribution in [0, 0.1) is 6.92 Å². The molecule has 0 bridgehead atoms. The van der Waals surface area contributed by atoms with Crippen LogP contribution in [0.3, 0.4) is 0 Å². The Kier molecular flexibility index (Phi) is 11.2. The van der Waals surface area contributed by atoms with Gasteiger partial charge in [-0.1, -0.05) is 35.9 Å². The van der Waals surface area contributed by atoms with Crippen molar-refractivity contribution in [2.45, 2.75) is 13.8 Å². The summed E-state index contributed by atoms with van der Waals surface area (Å²) in [4.78, 5) is 9.00. The molecule has 0 saturated heterocycles. The summed E-state index contributed by atoms with van der Waals surface area (Å²) in [6, 6.07) is 10.3. The molecule has 0 aliphatic rings. The first kappa shape index (κ1) is 14.0. The number of rotatable bonds is 0. The van der Waals surface area contributed by atoms with Crippen LogP contribution in [-0.2, 0) is 4.79 Å². The fraction of sp³-hybridized carbons (Fsp3) is 0.182. The predicted molar refractivity (Wildman–Crippen MR) is 55.7 cm³/mol. The molecule has 0 aliphatic carbocycles. The zero-order valence-corrected chi connectivity index (χ0v) is 8.16. The number of carboxylic acids is 1. The van der Waals surface area contributed by atoms with Crippen LogP contribution >= 0.6 is 0 Å². The minimum absolute atomic E-state index is 0.833. The third-order valence-electron chi connectivity index (χ3n) is 0.940. The van der Waals surface area contributed by atoms with E-state index in [9.17, 15) is 0 Å². The first-order valence-corrected chi connectivity index (χ1v) is 3.84. The number of aliphatic carboxylic acids is 1. The van der Waals surface area contributed by atoms with E-state index >= 15 is 0 Å². The molecule has 0 saturated carbocycles. The van der Waals surface area contributed by atoms with Crippen molar-refractivity contribution in [2.75, 3.05) is 0 Å². The summed E-state index contributed by atoms with van der Waals surface area (Å²) in [6.07, 6.45) is 0. The highest BCUT2D eigenvalue weighted by Gasteiger charge is 1.72. The Morgan fingerprint density at radius 3 is 1.69 bits per heavy atom. The standard InChI is InChI=1S/C7H8.C2H4O2.C2H4/c1-7-5-3-2-4-6-7;1-2(3)4;1-2/h2-6H,1H3;1H3,(H,3,4);1-2H2. The molecule has 1 N–H and O–H groups in total. The number of aryl methyl sites for hydroxylation is 1. The van der Waals surface area contributed by atoms with E-state index in [0.29, 0.717) is 0 Å². The van der Waals surface area contributed by atoms with Crippen LogP contribution in [0.4, 0.5) is 0 Å². The van der Waals surface area contributed by atoms with Crippen LogP contribution < -0.4 is 0 Å². The Morgan fingerprint density at radius 1 is 1.23 bits per heavy atom. The van der Waals surface area contributed by atoms with Crippen LogP contribution in [0.5, 0.6) is 0 Å². The Hall–Kier alpha value is -1.57. The average Bonchev–Trinajstić information content (AvgIpc) is 2.08. The van der Waals surface area contributed by atoms with Gasteiger partial charge in [-0.2, -0.15) is 0 Å². The van der Waals surface area contributed by atoms with Gasteiger partial charge in [-0.15, -0.1) is 13.2 Å². The first-order chi connectivity index (χ1) is 6.13.